The molecule has 0 saturated carbocycles. The molecule has 0 aliphatic carbocycles. The molecule has 76 valence electrons. The van der Waals surface area contributed by atoms with Gasteiger partial charge in [0.2, 0.25) is 0 Å². The van der Waals surface area contributed by atoms with E-state index in [9.17, 15) is 9.59 Å². The van der Waals surface area contributed by atoms with Crippen molar-refractivity contribution in [1.82, 2.24) is 0 Å². The van der Waals surface area contributed by atoms with Crippen molar-refractivity contribution in [3.05, 3.63) is 20.8 Å². The fraction of sp³-hybridized carbons (Fsp3) is 0.400. The first-order valence-electron chi connectivity index (χ1n) is 4.32. The third-order valence-corrected chi connectivity index (χ3v) is 3.49. The maximum Gasteiger partial charge on any atom is 0.180 e. The molecular weight excluding hydrogens is 264 g/mol. The lowest BCUT2D eigenvalue weighted by Crippen LogP contribution is -2.12. The van der Waals surface area contributed by atoms with E-state index in [1.807, 2.05) is 6.07 Å². The van der Waals surface area contributed by atoms with Gasteiger partial charge in [0.05, 0.1) is 15.1 Å². The van der Waals surface area contributed by atoms with Crippen molar-refractivity contribution in [2.24, 2.45) is 5.92 Å². The van der Waals surface area contributed by atoms with Gasteiger partial charge in [-0.05, 0) is 28.1 Å². The number of rotatable bonds is 4. The molecule has 0 aromatic carbocycles. The van der Waals surface area contributed by atoms with Gasteiger partial charge in [-0.25, -0.2) is 0 Å². The Morgan fingerprint density at radius 2 is 2.07 bits per heavy atom. The summed E-state index contributed by atoms with van der Waals surface area (Å²) in [7, 11) is 0. The Labute approximate surface area is 95.5 Å². The van der Waals surface area contributed by atoms with Crippen molar-refractivity contribution in [3.8, 4) is 0 Å². The van der Waals surface area contributed by atoms with E-state index in [0.717, 1.165) is 3.79 Å². The lowest BCUT2D eigenvalue weighted by atomic mass is 10.0. The van der Waals surface area contributed by atoms with Crippen LogP contribution in [0.4, 0.5) is 0 Å². The first-order chi connectivity index (χ1) is 6.50. The largest absolute Gasteiger partial charge is 0.299 e. The minimum atomic E-state index is -0.0839. The molecule has 14 heavy (non-hydrogen) atoms. The van der Waals surface area contributed by atoms with Gasteiger partial charge < -0.3 is 0 Å². The third kappa shape index (κ3) is 3.03. The standard InChI is InChI=1S/C10H11BrO2S/c1-6(2)7(12)5-8(13)9-3-4-10(11)14-9/h3-4,6H,5H2,1-2H3. The van der Waals surface area contributed by atoms with E-state index in [1.165, 1.54) is 11.3 Å². The molecule has 0 radical (unpaired) electrons. The van der Waals surface area contributed by atoms with Crippen LogP contribution in [0.3, 0.4) is 0 Å². The van der Waals surface area contributed by atoms with Gasteiger partial charge in [-0.1, -0.05) is 13.8 Å². The Balaban J connectivity index is 2.64. The van der Waals surface area contributed by atoms with Crippen molar-refractivity contribution < 1.29 is 9.59 Å². The van der Waals surface area contributed by atoms with Gasteiger partial charge in [0, 0.05) is 5.92 Å². The summed E-state index contributed by atoms with van der Waals surface area (Å²) in [6.45, 7) is 3.61. The second-order valence-electron chi connectivity index (χ2n) is 3.32. The molecule has 0 fully saturated rings. The highest BCUT2D eigenvalue weighted by molar-refractivity contribution is 9.11. The predicted molar refractivity (Wildman–Crippen MR) is 60.8 cm³/mol. The average Bonchev–Trinajstić information content (AvgIpc) is 2.51. The monoisotopic (exact) mass is 274 g/mol. The Morgan fingerprint density at radius 3 is 2.50 bits per heavy atom. The molecule has 2 nitrogen and oxygen atoms in total. The van der Waals surface area contributed by atoms with Crippen LogP contribution in [-0.2, 0) is 4.79 Å². The average molecular weight is 275 g/mol. The third-order valence-electron chi connectivity index (χ3n) is 1.83. The smallest absolute Gasteiger partial charge is 0.180 e. The zero-order valence-corrected chi connectivity index (χ0v) is 10.4. The van der Waals surface area contributed by atoms with Gasteiger partial charge in [0.15, 0.2) is 5.78 Å². The van der Waals surface area contributed by atoms with Crippen LogP contribution in [0.15, 0.2) is 15.9 Å². The van der Waals surface area contributed by atoms with Crippen molar-refractivity contribution >= 4 is 38.8 Å². The molecule has 1 aromatic heterocycles. The minimum absolute atomic E-state index is 0.000442. The molecule has 0 bridgehead atoms. The number of thiophene rings is 1. The Bertz CT molecular complexity index is 355. The molecule has 1 rings (SSSR count). The highest BCUT2D eigenvalue weighted by Gasteiger charge is 2.15. The molecule has 0 aliphatic rings. The lowest BCUT2D eigenvalue weighted by molar-refractivity contribution is -0.121. The van der Waals surface area contributed by atoms with E-state index >= 15 is 0 Å². The number of carbonyl (C=O) groups excluding carboxylic acids is 2. The zero-order chi connectivity index (χ0) is 10.7. The summed E-state index contributed by atoms with van der Waals surface area (Å²) in [4.78, 5) is 23.5. The van der Waals surface area contributed by atoms with Crippen LogP contribution in [0.5, 0.6) is 0 Å². The number of carbonyl (C=O) groups is 2. The molecule has 0 amide bonds. The van der Waals surface area contributed by atoms with Crippen molar-refractivity contribution in [3.63, 3.8) is 0 Å². The van der Waals surface area contributed by atoms with Crippen LogP contribution in [0, 0.1) is 5.92 Å². The van der Waals surface area contributed by atoms with Crippen molar-refractivity contribution in [2.75, 3.05) is 0 Å². The molecule has 0 N–H and O–H groups in total. The fourth-order valence-electron chi connectivity index (χ4n) is 0.914. The lowest BCUT2D eigenvalue weighted by Gasteiger charge is -2.01. The summed E-state index contributed by atoms with van der Waals surface area (Å²) in [5.74, 6) is -0.152. The zero-order valence-electron chi connectivity index (χ0n) is 8.04. The van der Waals surface area contributed by atoms with Crippen LogP contribution in [-0.4, -0.2) is 11.6 Å². The first kappa shape index (κ1) is 11.6. The number of halogens is 1. The molecule has 0 unspecified atom stereocenters. The SMILES string of the molecule is CC(C)C(=O)CC(=O)c1ccc(Br)s1. The molecule has 0 aliphatic heterocycles. The second-order valence-corrected chi connectivity index (χ2v) is 5.79. The summed E-state index contributed by atoms with van der Waals surface area (Å²) in [5.41, 5.74) is 0. The van der Waals surface area contributed by atoms with Gasteiger partial charge in [-0.15, -0.1) is 11.3 Å². The van der Waals surface area contributed by atoms with Gasteiger partial charge in [-0.3, -0.25) is 9.59 Å². The molecule has 1 aromatic rings. The van der Waals surface area contributed by atoms with Crippen LogP contribution in [0.25, 0.3) is 0 Å². The highest BCUT2D eigenvalue weighted by atomic mass is 79.9. The Kier molecular flexibility index (Phi) is 4.01. The highest BCUT2D eigenvalue weighted by Crippen LogP contribution is 2.23. The summed E-state index contributed by atoms with van der Waals surface area (Å²) < 4.78 is 0.915. The number of hydrogen-bond acceptors (Lipinski definition) is 3. The van der Waals surface area contributed by atoms with E-state index in [0.29, 0.717) is 4.88 Å². The van der Waals surface area contributed by atoms with E-state index in [4.69, 9.17) is 0 Å². The minimum Gasteiger partial charge on any atom is -0.299 e. The van der Waals surface area contributed by atoms with E-state index in [2.05, 4.69) is 15.9 Å². The van der Waals surface area contributed by atoms with Gasteiger partial charge in [-0.2, -0.15) is 0 Å². The maximum atomic E-state index is 11.5. The van der Waals surface area contributed by atoms with Crippen LogP contribution >= 0.6 is 27.3 Å². The molecule has 0 atom stereocenters. The second kappa shape index (κ2) is 4.84. The fourth-order valence-corrected chi connectivity index (χ4v) is 2.24. The maximum absolute atomic E-state index is 11.5. The molecule has 0 spiro atoms. The number of ketones is 2. The van der Waals surface area contributed by atoms with E-state index in [-0.39, 0.29) is 23.9 Å². The van der Waals surface area contributed by atoms with Crippen LogP contribution in [0.2, 0.25) is 0 Å². The molecule has 4 heteroatoms. The summed E-state index contributed by atoms with van der Waals surface area (Å²) in [5, 5.41) is 0. The molecule has 1 heterocycles. The summed E-state index contributed by atoms with van der Waals surface area (Å²) in [6.07, 6.45) is 0.0185. The van der Waals surface area contributed by atoms with Gasteiger partial charge in [0.25, 0.3) is 0 Å². The predicted octanol–water partition coefficient (Wildman–Crippen LogP) is 3.31. The number of hydrogen-bond donors (Lipinski definition) is 0. The molecular formula is C10H11BrO2S. The van der Waals surface area contributed by atoms with Gasteiger partial charge >= 0.3 is 0 Å². The Morgan fingerprint density at radius 1 is 1.43 bits per heavy atom. The normalized spacial score (nSPS) is 10.6. The summed E-state index contributed by atoms with van der Waals surface area (Å²) in [6, 6.07) is 3.56. The topological polar surface area (TPSA) is 34.1 Å². The summed E-state index contributed by atoms with van der Waals surface area (Å²) >= 11 is 4.64. The first-order valence-corrected chi connectivity index (χ1v) is 5.93. The molecule has 0 saturated heterocycles. The Hall–Kier alpha value is -0.480. The van der Waals surface area contributed by atoms with Crippen molar-refractivity contribution in [2.45, 2.75) is 20.3 Å². The van der Waals surface area contributed by atoms with Crippen molar-refractivity contribution in [1.29, 1.82) is 0 Å². The van der Waals surface area contributed by atoms with Gasteiger partial charge in [0.1, 0.15) is 5.78 Å². The quantitative estimate of drug-likeness (QED) is 0.624. The van der Waals surface area contributed by atoms with Crippen LogP contribution < -0.4 is 0 Å². The van der Waals surface area contributed by atoms with E-state index in [1.54, 1.807) is 19.9 Å². The van der Waals surface area contributed by atoms with E-state index < -0.39 is 0 Å². The number of Topliss-reactive ketones (excluding diaryl/α,β-unsaturated/α-hetero) is 2. The van der Waals surface area contributed by atoms with Crippen LogP contribution in [0.1, 0.15) is 29.9 Å².